The molecule has 0 heterocycles. The lowest BCUT2D eigenvalue weighted by atomic mass is 10.6. The van der Waals surface area contributed by atoms with Crippen molar-refractivity contribution in [2.45, 2.75) is 6.92 Å². The van der Waals surface area contributed by atoms with E-state index in [9.17, 15) is 0 Å². The third-order valence-corrected chi connectivity index (χ3v) is 1.05. The molecule has 0 saturated carbocycles. The van der Waals surface area contributed by atoms with Crippen LogP contribution in [0.4, 0.5) is 0 Å². The minimum Gasteiger partial charge on any atom is -0.356 e. The summed E-state index contributed by atoms with van der Waals surface area (Å²) in [5.41, 5.74) is 0. The molecule has 0 aliphatic heterocycles. The van der Waals surface area contributed by atoms with Crippen LogP contribution < -0.4 is 0 Å². The lowest BCUT2D eigenvalue weighted by Gasteiger charge is -2.09. The molecule has 0 N–H and O–H groups in total. The normalized spacial score (nSPS) is 10.8. The van der Waals surface area contributed by atoms with Crippen LogP contribution >= 0.6 is 0 Å². The lowest BCUT2D eigenvalue weighted by Crippen LogP contribution is -2.18. The van der Waals surface area contributed by atoms with Crippen LogP contribution in [0.3, 0.4) is 0 Å². The molecule has 0 radical (unpaired) electrons. The molecule has 0 aromatic carbocycles. The van der Waals surface area contributed by atoms with Gasteiger partial charge < -0.3 is 14.4 Å². The molecule has 62 valence electrons. The van der Waals surface area contributed by atoms with E-state index >= 15 is 0 Å². The van der Waals surface area contributed by atoms with Crippen molar-refractivity contribution in [3.8, 4) is 0 Å². The van der Waals surface area contributed by atoms with Crippen molar-refractivity contribution in [1.82, 2.24) is 4.90 Å². The quantitative estimate of drug-likeness (QED) is 0.405. The average Bonchev–Trinajstić information content (AvgIpc) is 1.87. The predicted octanol–water partition coefficient (Wildman–Crippen LogP) is 0.559. The van der Waals surface area contributed by atoms with Crippen LogP contribution in [0.2, 0.25) is 0 Å². The summed E-state index contributed by atoms with van der Waals surface area (Å²) in [5, 5.41) is 0. The Balaban J connectivity index is 2.77. The van der Waals surface area contributed by atoms with Crippen molar-refractivity contribution < 1.29 is 9.47 Å². The summed E-state index contributed by atoms with van der Waals surface area (Å²) in [6.07, 6.45) is 0. The van der Waals surface area contributed by atoms with Crippen molar-refractivity contribution >= 4 is 0 Å². The molecule has 0 fully saturated rings. The van der Waals surface area contributed by atoms with Gasteiger partial charge in [0.15, 0.2) is 0 Å². The number of ether oxygens (including phenoxy) is 2. The Morgan fingerprint density at radius 1 is 1.20 bits per heavy atom. The van der Waals surface area contributed by atoms with E-state index < -0.39 is 0 Å². The van der Waals surface area contributed by atoms with Gasteiger partial charge in [0, 0.05) is 13.2 Å². The zero-order valence-corrected chi connectivity index (χ0v) is 7.09. The van der Waals surface area contributed by atoms with Crippen LogP contribution in [0.1, 0.15) is 6.92 Å². The zero-order valence-electron chi connectivity index (χ0n) is 7.09. The van der Waals surface area contributed by atoms with Crippen molar-refractivity contribution in [1.29, 1.82) is 0 Å². The van der Waals surface area contributed by atoms with Gasteiger partial charge in [-0.2, -0.15) is 0 Å². The van der Waals surface area contributed by atoms with Crippen LogP contribution in [-0.4, -0.2) is 45.5 Å². The maximum atomic E-state index is 5.12. The standard InChI is InChI=1S/C7H17NO2/c1-4-9-7-10-6-5-8(2)3/h4-7H2,1-3H3. The fourth-order valence-corrected chi connectivity index (χ4v) is 0.448. The van der Waals surface area contributed by atoms with Crippen molar-refractivity contribution in [3.05, 3.63) is 0 Å². The first-order valence-electron chi connectivity index (χ1n) is 3.57. The molecular weight excluding hydrogens is 130 g/mol. The second-order valence-corrected chi connectivity index (χ2v) is 2.32. The topological polar surface area (TPSA) is 21.7 Å². The van der Waals surface area contributed by atoms with E-state index in [-0.39, 0.29) is 0 Å². The smallest absolute Gasteiger partial charge is 0.146 e. The number of hydrogen-bond donors (Lipinski definition) is 0. The van der Waals surface area contributed by atoms with Gasteiger partial charge in [-0.15, -0.1) is 0 Å². The van der Waals surface area contributed by atoms with Gasteiger partial charge in [0.2, 0.25) is 0 Å². The summed E-state index contributed by atoms with van der Waals surface area (Å²) in [7, 11) is 4.04. The van der Waals surface area contributed by atoms with E-state index in [0.29, 0.717) is 6.79 Å². The summed E-state index contributed by atoms with van der Waals surface area (Å²) in [5.74, 6) is 0. The van der Waals surface area contributed by atoms with Crippen molar-refractivity contribution in [2.75, 3.05) is 40.6 Å². The number of rotatable bonds is 6. The van der Waals surface area contributed by atoms with Crippen LogP contribution in [0, 0.1) is 0 Å². The monoisotopic (exact) mass is 147 g/mol. The summed E-state index contributed by atoms with van der Waals surface area (Å²) in [4.78, 5) is 2.08. The Labute approximate surface area is 62.9 Å². The molecule has 0 unspecified atom stereocenters. The Morgan fingerprint density at radius 3 is 2.40 bits per heavy atom. The Morgan fingerprint density at radius 2 is 1.90 bits per heavy atom. The lowest BCUT2D eigenvalue weighted by molar-refractivity contribution is -0.0520. The highest BCUT2D eigenvalue weighted by Crippen LogP contribution is 1.79. The molecule has 0 aliphatic rings. The minimum atomic E-state index is 0.421. The second kappa shape index (κ2) is 6.99. The Bertz CT molecular complexity index is 66.6. The summed E-state index contributed by atoms with van der Waals surface area (Å²) in [6, 6.07) is 0. The van der Waals surface area contributed by atoms with E-state index in [4.69, 9.17) is 9.47 Å². The molecule has 3 nitrogen and oxygen atoms in total. The largest absolute Gasteiger partial charge is 0.356 e. The predicted molar refractivity (Wildman–Crippen MR) is 41.0 cm³/mol. The Kier molecular flexibility index (Phi) is 6.91. The third kappa shape index (κ3) is 7.88. The molecule has 0 aliphatic carbocycles. The highest BCUT2D eigenvalue weighted by Gasteiger charge is 1.88. The van der Waals surface area contributed by atoms with Gasteiger partial charge in [-0.3, -0.25) is 0 Å². The molecule has 0 rings (SSSR count). The molecule has 0 saturated heterocycles. The van der Waals surface area contributed by atoms with Gasteiger partial charge in [0.1, 0.15) is 6.79 Å². The number of likely N-dealkylation sites (N-methyl/N-ethyl adjacent to an activating group) is 1. The van der Waals surface area contributed by atoms with Crippen LogP contribution in [0.5, 0.6) is 0 Å². The van der Waals surface area contributed by atoms with E-state index in [2.05, 4.69) is 4.90 Å². The summed E-state index contributed by atoms with van der Waals surface area (Å²) >= 11 is 0. The second-order valence-electron chi connectivity index (χ2n) is 2.32. The van der Waals surface area contributed by atoms with Gasteiger partial charge in [-0.25, -0.2) is 0 Å². The van der Waals surface area contributed by atoms with Crippen LogP contribution in [0.25, 0.3) is 0 Å². The first-order valence-corrected chi connectivity index (χ1v) is 3.57. The number of nitrogens with zero attached hydrogens (tertiary/aromatic N) is 1. The molecule has 0 amide bonds. The first-order chi connectivity index (χ1) is 4.77. The van der Waals surface area contributed by atoms with Crippen LogP contribution in [-0.2, 0) is 9.47 Å². The summed E-state index contributed by atoms with van der Waals surface area (Å²) in [6.45, 7) is 4.79. The fourth-order valence-electron chi connectivity index (χ4n) is 0.448. The maximum Gasteiger partial charge on any atom is 0.146 e. The zero-order chi connectivity index (χ0) is 7.82. The molecular formula is C7H17NO2. The van der Waals surface area contributed by atoms with Gasteiger partial charge in [-0.1, -0.05) is 0 Å². The van der Waals surface area contributed by atoms with E-state index in [0.717, 1.165) is 19.8 Å². The Hall–Kier alpha value is -0.120. The molecule has 0 aromatic rings. The van der Waals surface area contributed by atoms with E-state index in [1.54, 1.807) is 0 Å². The third-order valence-electron chi connectivity index (χ3n) is 1.05. The maximum absolute atomic E-state index is 5.12. The highest BCUT2D eigenvalue weighted by atomic mass is 16.7. The number of hydrogen-bond acceptors (Lipinski definition) is 3. The molecule has 0 aromatic heterocycles. The minimum absolute atomic E-state index is 0.421. The first kappa shape index (κ1) is 9.88. The van der Waals surface area contributed by atoms with E-state index in [1.807, 2.05) is 21.0 Å². The van der Waals surface area contributed by atoms with E-state index in [1.165, 1.54) is 0 Å². The molecule has 0 atom stereocenters. The van der Waals surface area contributed by atoms with Gasteiger partial charge in [-0.05, 0) is 21.0 Å². The van der Waals surface area contributed by atoms with Gasteiger partial charge in [0.05, 0.1) is 6.61 Å². The van der Waals surface area contributed by atoms with Gasteiger partial charge >= 0.3 is 0 Å². The average molecular weight is 147 g/mol. The molecule has 3 heteroatoms. The van der Waals surface area contributed by atoms with Crippen molar-refractivity contribution in [2.24, 2.45) is 0 Å². The van der Waals surface area contributed by atoms with Crippen molar-refractivity contribution in [3.63, 3.8) is 0 Å². The molecule has 10 heavy (non-hydrogen) atoms. The van der Waals surface area contributed by atoms with Gasteiger partial charge in [0.25, 0.3) is 0 Å². The van der Waals surface area contributed by atoms with Crippen LogP contribution in [0.15, 0.2) is 0 Å². The summed E-state index contributed by atoms with van der Waals surface area (Å²) < 4.78 is 10.1. The molecule has 0 spiro atoms. The SMILES string of the molecule is CCOCOCCN(C)C. The highest BCUT2D eigenvalue weighted by molar-refractivity contribution is 4.37. The fraction of sp³-hybridized carbons (Fsp3) is 1.00. The molecule has 0 bridgehead atoms.